The monoisotopic (exact) mass is 276 g/mol. The van der Waals surface area contributed by atoms with E-state index < -0.39 is 5.60 Å². The average Bonchev–Trinajstić information content (AvgIpc) is 3.04. The van der Waals surface area contributed by atoms with Gasteiger partial charge in [-0.3, -0.25) is 0 Å². The van der Waals surface area contributed by atoms with Crippen LogP contribution in [0.25, 0.3) is 0 Å². The van der Waals surface area contributed by atoms with E-state index in [1.807, 2.05) is 20.8 Å². The van der Waals surface area contributed by atoms with Crippen molar-refractivity contribution in [2.45, 2.75) is 45.3 Å². The van der Waals surface area contributed by atoms with Gasteiger partial charge in [-0.1, -0.05) is 0 Å². The maximum absolute atomic E-state index is 12.2. The van der Waals surface area contributed by atoms with E-state index in [1.165, 1.54) is 4.80 Å². The molecule has 6 nitrogen and oxygen atoms in total. The summed E-state index contributed by atoms with van der Waals surface area (Å²) in [6.07, 6.45) is 1.77. The van der Waals surface area contributed by atoms with Crippen molar-refractivity contribution in [3.63, 3.8) is 0 Å². The van der Waals surface area contributed by atoms with Crippen LogP contribution in [0.15, 0.2) is 0 Å². The highest BCUT2D eigenvalue weighted by Gasteiger charge is 2.40. The molecule has 1 unspecified atom stereocenters. The molecule has 1 aliphatic carbocycles. The minimum atomic E-state index is -0.520. The van der Waals surface area contributed by atoms with Crippen LogP contribution in [0, 0.1) is 5.92 Å². The standard InChI is InChI=1S/C13H21BN4O2/c1-13(2,3)20-12(19)17(4)10(8-6-7-8)9-11(14)16-18(5)15-9/h8,10H,6-7H2,1-5H3. The molecular weight excluding hydrogens is 255 g/mol. The molecule has 108 valence electrons. The van der Waals surface area contributed by atoms with Gasteiger partial charge in [-0.15, -0.1) is 0 Å². The predicted molar refractivity (Wildman–Crippen MR) is 75.9 cm³/mol. The second-order valence-corrected chi connectivity index (χ2v) is 6.33. The lowest BCUT2D eigenvalue weighted by Gasteiger charge is -2.30. The SMILES string of the molecule is [B]c1nn(C)nc1C(C1CC1)N(C)C(=O)OC(C)(C)C. The molecule has 1 saturated carbocycles. The molecule has 0 aromatic carbocycles. The van der Waals surface area contributed by atoms with Crippen molar-refractivity contribution in [3.05, 3.63) is 5.69 Å². The van der Waals surface area contributed by atoms with Gasteiger partial charge in [-0.2, -0.15) is 15.0 Å². The van der Waals surface area contributed by atoms with Crippen molar-refractivity contribution in [3.8, 4) is 0 Å². The van der Waals surface area contributed by atoms with Crippen LogP contribution in [-0.4, -0.2) is 46.5 Å². The number of hydrogen-bond donors (Lipinski definition) is 0. The fourth-order valence-electron chi connectivity index (χ4n) is 2.23. The number of ether oxygens (including phenoxy) is 1. The second kappa shape index (κ2) is 5.11. The number of nitrogens with zero attached hydrogens (tertiary/aromatic N) is 4. The smallest absolute Gasteiger partial charge is 0.410 e. The Morgan fingerprint density at radius 2 is 2.05 bits per heavy atom. The highest BCUT2D eigenvalue weighted by atomic mass is 16.6. The molecule has 1 amide bonds. The summed E-state index contributed by atoms with van der Waals surface area (Å²) in [4.78, 5) is 15.3. The highest BCUT2D eigenvalue weighted by Crippen LogP contribution is 2.43. The summed E-state index contributed by atoms with van der Waals surface area (Å²) in [5.41, 5.74) is 0.510. The number of carbonyl (C=O) groups excluding carboxylic acids is 1. The fourth-order valence-corrected chi connectivity index (χ4v) is 2.23. The van der Waals surface area contributed by atoms with Gasteiger partial charge in [0.05, 0.1) is 11.7 Å². The van der Waals surface area contributed by atoms with Crippen LogP contribution in [0.3, 0.4) is 0 Å². The number of aryl methyl sites for hydroxylation is 1. The summed E-state index contributed by atoms with van der Waals surface area (Å²) in [6.45, 7) is 5.55. The van der Waals surface area contributed by atoms with E-state index in [2.05, 4.69) is 10.2 Å². The fraction of sp³-hybridized carbons (Fsp3) is 0.769. The van der Waals surface area contributed by atoms with Gasteiger partial charge >= 0.3 is 6.09 Å². The summed E-state index contributed by atoms with van der Waals surface area (Å²) < 4.78 is 5.42. The molecule has 1 fully saturated rings. The Morgan fingerprint density at radius 1 is 1.45 bits per heavy atom. The molecule has 0 saturated heterocycles. The highest BCUT2D eigenvalue weighted by molar-refractivity contribution is 6.31. The minimum Gasteiger partial charge on any atom is -0.444 e. The van der Waals surface area contributed by atoms with Crippen LogP contribution in [0.2, 0.25) is 0 Å². The normalized spacial score (nSPS) is 16.9. The maximum atomic E-state index is 12.2. The molecule has 0 N–H and O–H groups in total. The van der Waals surface area contributed by atoms with E-state index in [-0.39, 0.29) is 12.1 Å². The molecule has 0 aliphatic heterocycles. The van der Waals surface area contributed by atoms with Gasteiger partial charge in [-0.25, -0.2) is 4.79 Å². The van der Waals surface area contributed by atoms with Gasteiger partial charge in [0.25, 0.3) is 0 Å². The molecule has 1 aliphatic rings. The third kappa shape index (κ3) is 3.32. The van der Waals surface area contributed by atoms with Crippen LogP contribution in [0.5, 0.6) is 0 Å². The van der Waals surface area contributed by atoms with E-state index in [1.54, 1.807) is 19.0 Å². The molecule has 2 radical (unpaired) electrons. The van der Waals surface area contributed by atoms with Gasteiger partial charge in [0.15, 0.2) is 0 Å². The lowest BCUT2D eigenvalue weighted by Crippen LogP contribution is -2.39. The third-order valence-electron chi connectivity index (χ3n) is 3.21. The van der Waals surface area contributed by atoms with Gasteiger partial charge in [0, 0.05) is 19.7 Å². The molecule has 20 heavy (non-hydrogen) atoms. The number of amides is 1. The van der Waals surface area contributed by atoms with Gasteiger partial charge in [0.1, 0.15) is 13.4 Å². The van der Waals surface area contributed by atoms with Gasteiger partial charge < -0.3 is 9.64 Å². The molecule has 1 atom stereocenters. The second-order valence-electron chi connectivity index (χ2n) is 6.33. The van der Waals surface area contributed by atoms with Crippen LogP contribution < -0.4 is 5.59 Å². The first-order valence-corrected chi connectivity index (χ1v) is 6.81. The van der Waals surface area contributed by atoms with Crippen molar-refractivity contribution in [2.75, 3.05) is 7.05 Å². The van der Waals surface area contributed by atoms with Crippen LogP contribution >= 0.6 is 0 Å². The summed E-state index contributed by atoms with van der Waals surface area (Å²) in [5.74, 6) is 0.381. The van der Waals surface area contributed by atoms with Crippen molar-refractivity contribution in [1.82, 2.24) is 19.9 Å². The first kappa shape index (κ1) is 14.9. The van der Waals surface area contributed by atoms with Crippen molar-refractivity contribution < 1.29 is 9.53 Å². The van der Waals surface area contributed by atoms with E-state index in [4.69, 9.17) is 12.6 Å². The zero-order valence-corrected chi connectivity index (χ0v) is 12.8. The van der Waals surface area contributed by atoms with E-state index in [0.29, 0.717) is 17.2 Å². The Kier molecular flexibility index (Phi) is 3.80. The van der Waals surface area contributed by atoms with E-state index in [0.717, 1.165) is 12.8 Å². The zero-order valence-electron chi connectivity index (χ0n) is 12.8. The van der Waals surface area contributed by atoms with Crippen molar-refractivity contribution in [2.24, 2.45) is 13.0 Å². The molecule has 1 heterocycles. The Balaban J connectivity index is 2.21. The summed E-state index contributed by atoms with van der Waals surface area (Å²) in [7, 11) is 9.35. The Labute approximate surface area is 120 Å². The average molecular weight is 276 g/mol. The molecule has 0 bridgehead atoms. The van der Waals surface area contributed by atoms with E-state index in [9.17, 15) is 4.79 Å². The first-order chi connectivity index (χ1) is 9.19. The number of carbonyl (C=O) groups is 1. The lowest BCUT2D eigenvalue weighted by molar-refractivity contribution is 0.0195. The molecule has 1 aromatic heterocycles. The Bertz CT molecular complexity index is 505. The molecule has 7 heteroatoms. The number of aromatic nitrogens is 3. The number of hydrogen-bond acceptors (Lipinski definition) is 4. The number of rotatable bonds is 3. The zero-order chi connectivity index (χ0) is 15.1. The Morgan fingerprint density at radius 3 is 2.45 bits per heavy atom. The third-order valence-corrected chi connectivity index (χ3v) is 3.21. The van der Waals surface area contributed by atoms with Crippen molar-refractivity contribution >= 4 is 19.5 Å². The molecular formula is C13H21BN4O2. The Hall–Kier alpha value is -1.53. The van der Waals surface area contributed by atoms with Crippen LogP contribution in [0.4, 0.5) is 4.79 Å². The predicted octanol–water partition coefficient (Wildman–Crippen LogP) is 0.927. The van der Waals surface area contributed by atoms with Crippen LogP contribution in [-0.2, 0) is 11.8 Å². The molecule has 0 spiro atoms. The van der Waals surface area contributed by atoms with Crippen LogP contribution in [0.1, 0.15) is 45.3 Å². The maximum Gasteiger partial charge on any atom is 0.410 e. The minimum absolute atomic E-state index is 0.168. The quantitative estimate of drug-likeness (QED) is 0.770. The molecule has 1 aromatic rings. The van der Waals surface area contributed by atoms with Gasteiger partial charge in [0.2, 0.25) is 0 Å². The first-order valence-electron chi connectivity index (χ1n) is 6.81. The topological polar surface area (TPSA) is 60.2 Å². The van der Waals surface area contributed by atoms with E-state index >= 15 is 0 Å². The van der Waals surface area contributed by atoms with Gasteiger partial charge in [-0.05, 0) is 39.5 Å². The summed E-state index contributed by atoms with van der Waals surface area (Å²) >= 11 is 0. The summed E-state index contributed by atoms with van der Waals surface area (Å²) in [6, 6.07) is -0.168. The lowest BCUT2D eigenvalue weighted by atomic mass is 9.95. The summed E-state index contributed by atoms with van der Waals surface area (Å²) in [5, 5.41) is 8.37. The van der Waals surface area contributed by atoms with Crippen molar-refractivity contribution in [1.29, 1.82) is 0 Å². The largest absolute Gasteiger partial charge is 0.444 e. The molecule has 2 rings (SSSR count).